The molecule has 3 amide bonds. The van der Waals surface area contributed by atoms with E-state index in [1.807, 2.05) is 18.5 Å². The number of fused-ring (bicyclic) bond motifs is 2. The number of alkyl carbamates (subject to hydrolysis) is 1. The van der Waals surface area contributed by atoms with Crippen LogP contribution < -0.4 is 10.6 Å². The van der Waals surface area contributed by atoms with E-state index in [-0.39, 0.29) is 29.7 Å². The number of carbonyl (C=O) groups excluding carboxylic acids is 3. The minimum absolute atomic E-state index is 0.0830. The van der Waals surface area contributed by atoms with Crippen molar-refractivity contribution in [2.24, 2.45) is 17.8 Å². The average Bonchev–Trinajstić information content (AvgIpc) is 4.13. The topological polar surface area (TPSA) is 167 Å². The molecule has 2 saturated carbocycles. The van der Waals surface area contributed by atoms with Crippen LogP contribution in [0.15, 0.2) is 79.3 Å². The van der Waals surface area contributed by atoms with Crippen molar-refractivity contribution in [3.05, 3.63) is 102 Å². The molecule has 7 atom stereocenters. The Morgan fingerprint density at radius 3 is 2.02 bits per heavy atom. The zero-order valence-corrected chi connectivity index (χ0v) is 34.4. The Labute approximate surface area is 345 Å². The molecule has 0 spiro atoms. The first-order valence-electron chi connectivity index (χ1n) is 20.8. The number of carbonyl (C=O) groups is 3. The summed E-state index contributed by atoms with van der Waals surface area (Å²) >= 11 is 0. The van der Waals surface area contributed by atoms with Crippen LogP contribution in [-0.4, -0.2) is 80.6 Å². The highest BCUT2D eigenvalue weighted by Crippen LogP contribution is 2.56. The second-order valence-corrected chi connectivity index (χ2v) is 16.6. The fourth-order valence-corrected chi connectivity index (χ4v) is 9.44. The van der Waals surface area contributed by atoms with Gasteiger partial charge in [-0.25, -0.2) is 14.8 Å². The van der Waals surface area contributed by atoms with E-state index in [1.165, 1.54) is 14.2 Å². The van der Waals surface area contributed by atoms with E-state index in [2.05, 4.69) is 99.0 Å². The third-order valence-corrected chi connectivity index (χ3v) is 12.8. The van der Waals surface area contributed by atoms with Crippen LogP contribution in [0.5, 0.6) is 0 Å². The van der Waals surface area contributed by atoms with Gasteiger partial charge in [-0.1, -0.05) is 68.4 Å². The second-order valence-electron chi connectivity index (χ2n) is 16.6. The van der Waals surface area contributed by atoms with Gasteiger partial charge in [0.2, 0.25) is 11.8 Å². The molecular formula is C46H54N8O5. The Morgan fingerprint density at radius 2 is 1.41 bits per heavy atom. The maximum atomic E-state index is 13.7. The summed E-state index contributed by atoms with van der Waals surface area (Å²) in [5, 5.41) is 5.86. The Kier molecular flexibility index (Phi) is 11.6. The lowest BCUT2D eigenvalue weighted by Crippen LogP contribution is -2.54. The molecule has 4 N–H and O–H groups in total. The number of pyridine rings is 1. The van der Waals surface area contributed by atoms with Crippen molar-refractivity contribution in [2.75, 3.05) is 20.8 Å². The Hall–Kier alpha value is -5.82. The molecule has 4 heterocycles. The van der Waals surface area contributed by atoms with Gasteiger partial charge in [0.05, 0.1) is 49.0 Å². The normalized spacial score (nSPS) is 22.1. The molecule has 8 rings (SSSR count). The Bertz CT molecular complexity index is 2250. The summed E-state index contributed by atoms with van der Waals surface area (Å²) < 4.78 is 10.2. The maximum Gasteiger partial charge on any atom is 0.407 e. The van der Waals surface area contributed by atoms with Crippen LogP contribution in [0.25, 0.3) is 33.6 Å². The van der Waals surface area contributed by atoms with E-state index in [4.69, 9.17) is 14.5 Å². The van der Waals surface area contributed by atoms with Gasteiger partial charge in [-0.05, 0) is 90.7 Å². The summed E-state index contributed by atoms with van der Waals surface area (Å²) in [6.07, 6.45) is 9.23. The third kappa shape index (κ3) is 8.25. The lowest BCUT2D eigenvalue weighted by Gasteiger charge is -2.30. The van der Waals surface area contributed by atoms with Crippen LogP contribution in [-0.2, 0) is 25.6 Å². The molecule has 59 heavy (non-hydrogen) atoms. The van der Waals surface area contributed by atoms with Gasteiger partial charge in [-0.3, -0.25) is 14.6 Å². The number of aromatic amines is 2. The van der Waals surface area contributed by atoms with E-state index in [1.54, 1.807) is 18.0 Å². The fraction of sp³-hybridized carbons (Fsp3) is 0.435. The first-order valence-corrected chi connectivity index (χ1v) is 20.8. The molecule has 3 aromatic heterocycles. The van der Waals surface area contributed by atoms with Gasteiger partial charge in [0.1, 0.15) is 17.7 Å². The van der Waals surface area contributed by atoms with Crippen LogP contribution in [0.3, 0.4) is 0 Å². The molecule has 1 saturated heterocycles. The van der Waals surface area contributed by atoms with Crippen molar-refractivity contribution in [3.63, 3.8) is 0 Å². The number of nitrogens with zero attached hydrogens (tertiary/aromatic N) is 4. The zero-order valence-electron chi connectivity index (χ0n) is 34.4. The molecule has 2 bridgehead atoms. The van der Waals surface area contributed by atoms with Gasteiger partial charge in [-0.15, -0.1) is 0 Å². The molecule has 2 aliphatic carbocycles. The van der Waals surface area contributed by atoms with E-state index < -0.39 is 18.2 Å². The highest BCUT2D eigenvalue weighted by molar-refractivity contribution is 5.87. The van der Waals surface area contributed by atoms with Crippen molar-refractivity contribution >= 4 is 17.9 Å². The predicted octanol–water partition coefficient (Wildman–Crippen LogP) is 7.52. The summed E-state index contributed by atoms with van der Waals surface area (Å²) in [4.78, 5) is 62.3. The SMILES string of the molecule is COC(=O)N[C@H](C(=O)N1CCC[C@H]1c1ncc(-c2ccc(-c3ccc(-c4cnc(C5C6CCC(C6)[C@@H]5C(=O)NCc5ccc(C(C)C)nc5)[nH]4)cc3)cc2)[nH]1)[C@@H](C)OC. The van der Waals surface area contributed by atoms with Gasteiger partial charge in [0.15, 0.2) is 0 Å². The van der Waals surface area contributed by atoms with Crippen molar-refractivity contribution in [2.45, 2.75) is 89.4 Å². The van der Waals surface area contributed by atoms with Crippen LogP contribution in [0.4, 0.5) is 4.79 Å². The number of hydrogen-bond donors (Lipinski definition) is 4. The summed E-state index contributed by atoms with van der Waals surface area (Å²) in [6, 6.07) is 19.8. The van der Waals surface area contributed by atoms with Crippen molar-refractivity contribution in [1.29, 1.82) is 0 Å². The average molecular weight is 799 g/mol. The van der Waals surface area contributed by atoms with E-state index >= 15 is 0 Å². The van der Waals surface area contributed by atoms with Crippen molar-refractivity contribution in [3.8, 4) is 33.6 Å². The molecule has 3 unspecified atom stereocenters. The smallest absolute Gasteiger partial charge is 0.407 e. The summed E-state index contributed by atoms with van der Waals surface area (Å²) in [5.74, 6) is 2.70. The van der Waals surface area contributed by atoms with Crippen LogP contribution in [0.2, 0.25) is 0 Å². The fourth-order valence-electron chi connectivity index (χ4n) is 9.44. The zero-order chi connectivity index (χ0) is 41.2. The van der Waals surface area contributed by atoms with Crippen molar-refractivity contribution in [1.82, 2.24) is 40.5 Å². The standard InChI is InChI=1S/C46H54N8O5/c1-26(2)35-19-8-28(22-47-35)23-50-44(55)40-34-18-17-33(21-34)39(40)43-49-25-37(52-43)32-15-11-30(12-16-32)29-9-13-31(14-10-29)36-24-48-42(51-36)38-7-6-20-54(38)45(56)41(27(3)58-4)53-46(57)59-5/h8-16,19,22,24-27,33-34,38-41H,6-7,17-18,20-21,23H2,1-5H3,(H,48,51)(H,49,52)(H,50,55)(H,53,57)/t27-,33?,34?,38+,39?,40+,41+/m1/s1. The molecule has 3 aliphatic rings. The number of benzene rings is 2. The highest BCUT2D eigenvalue weighted by Gasteiger charge is 2.52. The number of nitrogens with one attached hydrogen (secondary N) is 4. The molecule has 13 nitrogen and oxygen atoms in total. The molecule has 2 aromatic carbocycles. The summed E-state index contributed by atoms with van der Waals surface area (Å²) in [5.41, 5.74) is 8.05. The molecule has 13 heteroatoms. The number of amides is 3. The van der Waals surface area contributed by atoms with E-state index in [0.717, 1.165) is 82.8 Å². The molecule has 308 valence electrons. The molecule has 0 radical (unpaired) electrons. The van der Waals surface area contributed by atoms with Gasteiger partial charge in [-0.2, -0.15) is 0 Å². The lowest BCUT2D eigenvalue weighted by atomic mass is 9.78. The Balaban J connectivity index is 0.907. The van der Waals surface area contributed by atoms with Gasteiger partial charge in [0, 0.05) is 38.0 Å². The number of hydrogen-bond acceptors (Lipinski definition) is 8. The summed E-state index contributed by atoms with van der Waals surface area (Å²) in [7, 11) is 2.77. The number of likely N-dealkylation sites (tertiary alicyclic amines) is 1. The first kappa shape index (κ1) is 40.0. The largest absolute Gasteiger partial charge is 0.453 e. The third-order valence-electron chi connectivity index (χ3n) is 12.8. The minimum atomic E-state index is -0.886. The van der Waals surface area contributed by atoms with Crippen LogP contribution in [0, 0.1) is 17.8 Å². The quantitative estimate of drug-likeness (QED) is 0.0949. The van der Waals surface area contributed by atoms with Crippen LogP contribution >= 0.6 is 0 Å². The molecule has 3 fully saturated rings. The monoisotopic (exact) mass is 798 g/mol. The van der Waals surface area contributed by atoms with E-state index in [9.17, 15) is 14.4 Å². The van der Waals surface area contributed by atoms with Gasteiger partial charge >= 0.3 is 6.09 Å². The second kappa shape index (κ2) is 17.2. The van der Waals surface area contributed by atoms with Gasteiger partial charge < -0.3 is 35.0 Å². The molecule has 5 aromatic rings. The molecular weight excluding hydrogens is 745 g/mol. The van der Waals surface area contributed by atoms with E-state index in [0.29, 0.717) is 36.7 Å². The van der Waals surface area contributed by atoms with Gasteiger partial charge in [0.25, 0.3) is 0 Å². The minimum Gasteiger partial charge on any atom is -0.453 e. The number of ether oxygens (including phenoxy) is 2. The van der Waals surface area contributed by atoms with Crippen LogP contribution in [0.1, 0.15) is 93.7 Å². The Morgan fingerprint density at radius 1 is 0.780 bits per heavy atom. The highest BCUT2D eigenvalue weighted by atomic mass is 16.5. The molecule has 1 aliphatic heterocycles. The number of imidazole rings is 2. The number of H-pyrrole nitrogens is 2. The lowest BCUT2D eigenvalue weighted by molar-refractivity contribution is -0.137. The predicted molar refractivity (Wildman–Crippen MR) is 224 cm³/mol. The van der Waals surface area contributed by atoms with Crippen molar-refractivity contribution < 1.29 is 23.9 Å². The number of aromatic nitrogens is 5. The number of rotatable bonds is 13. The maximum absolute atomic E-state index is 13.7. The first-order chi connectivity index (χ1) is 28.6. The summed E-state index contributed by atoms with van der Waals surface area (Å²) in [6.45, 7) is 7.03. The number of methoxy groups -OCH3 is 2.